The Morgan fingerprint density at radius 1 is 1.09 bits per heavy atom. The molecule has 33 heavy (non-hydrogen) atoms. The molecular formula is C25H28N4O3S. The van der Waals surface area contributed by atoms with Gasteiger partial charge in [-0.15, -0.1) is 0 Å². The fourth-order valence-corrected chi connectivity index (χ4v) is 5.02. The Morgan fingerprint density at radius 3 is 2.58 bits per heavy atom. The van der Waals surface area contributed by atoms with Crippen molar-refractivity contribution >= 4 is 34.6 Å². The molecule has 4 rings (SSSR count). The number of amides is 3. The molecule has 2 N–H and O–H groups in total. The van der Waals surface area contributed by atoms with E-state index >= 15 is 0 Å². The van der Waals surface area contributed by atoms with Gasteiger partial charge in [-0.3, -0.25) is 19.5 Å². The summed E-state index contributed by atoms with van der Waals surface area (Å²) in [6.07, 6.45) is 4.06. The van der Waals surface area contributed by atoms with E-state index in [-0.39, 0.29) is 11.6 Å². The minimum Gasteiger partial charge on any atom is -0.335 e. The molecule has 0 bridgehead atoms. The van der Waals surface area contributed by atoms with Crippen LogP contribution in [0.5, 0.6) is 0 Å². The van der Waals surface area contributed by atoms with Crippen molar-refractivity contribution in [1.29, 1.82) is 0 Å². The molecule has 172 valence electrons. The first-order valence-electron chi connectivity index (χ1n) is 11.2. The maximum Gasteiger partial charge on any atom is 0.321 e. The second kappa shape index (κ2) is 9.79. The van der Waals surface area contributed by atoms with Crippen LogP contribution in [0.3, 0.4) is 0 Å². The molecule has 2 aromatic carbocycles. The van der Waals surface area contributed by atoms with Crippen LogP contribution in [0.1, 0.15) is 43.7 Å². The Balaban J connectivity index is 1.65. The van der Waals surface area contributed by atoms with Crippen molar-refractivity contribution in [3.05, 3.63) is 63.9 Å². The standard InChI is InChI=1S/C25H28N4O3S/c1-15-9-8-14-21(16(15)2)29-23(31)19-12-6-7-13-20(19)27-25(29)33-17(3)22(30)28-24(32)26-18-10-4-5-11-18/h6-9,12-14,17-18H,4-5,10-11H2,1-3H3,(H2,26,28,30,32). The molecule has 0 aliphatic heterocycles. The van der Waals surface area contributed by atoms with Gasteiger partial charge in [-0.25, -0.2) is 9.78 Å². The van der Waals surface area contributed by atoms with Crippen molar-refractivity contribution in [1.82, 2.24) is 20.2 Å². The van der Waals surface area contributed by atoms with Crippen LogP contribution in [0.25, 0.3) is 16.6 Å². The summed E-state index contributed by atoms with van der Waals surface area (Å²) in [5, 5.41) is 5.58. The van der Waals surface area contributed by atoms with Gasteiger partial charge in [0.25, 0.3) is 5.56 Å². The van der Waals surface area contributed by atoms with E-state index < -0.39 is 17.2 Å². The van der Waals surface area contributed by atoms with Crippen molar-refractivity contribution in [2.24, 2.45) is 0 Å². The second-order valence-corrected chi connectivity index (χ2v) is 9.78. The van der Waals surface area contributed by atoms with E-state index in [0.29, 0.717) is 16.1 Å². The number of aromatic nitrogens is 2. The lowest BCUT2D eigenvalue weighted by Crippen LogP contribution is -2.46. The number of benzene rings is 2. The minimum absolute atomic E-state index is 0.123. The number of nitrogens with one attached hydrogen (secondary N) is 2. The second-order valence-electron chi connectivity index (χ2n) is 8.48. The number of fused-ring (bicyclic) bond motifs is 1. The first-order chi connectivity index (χ1) is 15.8. The van der Waals surface area contributed by atoms with Crippen LogP contribution >= 0.6 is 11.8 Å². The molecular weight excluding hydrogens is 436 g/mol. The molecule has 3 amide bonds. The van der Waals surface area contributed by atoms with Crippen LogP contribution < -0.4 is 16.2 Å². The third kappa shape index (κ3) is 4.95. The third-order valence-corrected chi connectivity index (χ3v) is 7.19. The van der Waals surface area contributed by atoms with Gasteiger partial charge >= 0.3 is 6.03 Å². The number of carbonyl (C=O) groups is 2. The number of rotatable bonds is 5. The van der Waals surface area contributed by atoms with Gasteiger partial charge in [-0.1, -0.05) is 48.9 Å². The smallest absolute Gasteiger partial charge is 0.321 e. The summed E-state index contributed by atoms with van der Waals surface area (Å²) in [5.74, 6) is -0.426. The van der Waals surface area contributed by atoms with Crippen molar-refractivity contribution in [3.8, 4) is 5.69 Å². The van der Waals surface area contributed by atoms with Gasteiger partial charge in [-0.05, 0) is 62.9 Å². The number of hydrogen-bond donors (Lipinski definition) is 2. The van der Waals surface area contributed by atoms with Gasteiger partial charge in [0.15, 0.2) is 5.16 Å². The fraction of sp³-hybridized carbons (Fsp3) is 0.360. The molecule has 0 spiro atoms. The Hall–Kier alpha value is -3.13. The molecule has 7 nitrogen and oxygen atoms in total. The number of imide groups is 1. The van der Waals surface area contributed by atoms with Gasteiger partial charge in [0, 0.05) is 6.04 Å². The van der Waals surface area contributed by atoms with E-state index in [2.05, 4.69) is 10.6 Å². The summed E-state index contributed by atoms with van der Waals surface area (Å²) in [4.78, 5) is 43.2. The van der Waals surface area contributed by atoms with Crippen LogP contribution in [0.4, 0.5) is 4.79 Å². The van der Waals surface area contributed by atoms with Gasteiger partial charge in [-0.2, -0.15) is 0 Å². The lowest BCUT2D eigenvalue weighted by molar-refractivity contribution is -0.119. The Kier molecular flexibility index (Phi) is 6.83. The molecule has 0 saturated heterocycles. The number of urea groups is 1. The molecule has 1 aromatic heterocycles. The summed E-state index contributed by atoms with van der Waals surface area (Å²) in [7, 11) is 0. The van der Waals surface area contributed by atoms with Crippen molar-refractivity contribution in [3.63, 3.8) is 0 Å². The highest BCUT2D eigenvalue weighted by molar-refractivity contribution is 8.00. The molecule has 1 aliphatic rings. The van der Waals surface area contributed by atoms with Crippen molar-refractivity contribution < 1.29 is 9.59 Å². The Morgan fingerprint density at radius 2 is 1.82 bits per heavy atom. The molecule has 3 aromatic rings. The Labute approximate surface area is 197 Å². The van der Waals surface area contributed by atoms with E-state index in [1.165, 1.54) is 0 Å². The summed E-state index contributed by atoms with van der Waals surface area (Å²) >= 11 is 1.16. The minimum atomic E-state index is -0.635. The fourth-order valence-electron chi connectivity index (χ4n) is 4.10. The van der Waals surface area contributed by atoms with Gasteiger partial charge in [0.05, 0.1) is 21.8 Å². The number of carbonyl (C=O) groups excluding carboxylic acids is 2. The molecule has 0 radical (unpaired) electrons. The van der Waals surface area contributed by atoms with Gasteiger partial charge in [0.1, 0.15) is 0 Å². The Bertz CT molecular complexity index is 1260. The van der Waals surface area contributed by atoms with E-state index in [0.717, 1.165) is 54.3 Å². The molecule has 1 aliphatic carbocycles. The largest absolute Gasteiger partial charge is 0.335 e. The zero-order chi connectivity index (χ0) is 23.5. The summed E-state index contributed by atoms with van der Waals surface area (Å²) in [5.41, 5.74) is 3.12. The van der Waals surface area contributed by atoms with E-state index in [9.17, 15) is 14.4 Å². The highest BCUT2D eigenvalue weighted by Gasteiger charge is 2.24. The monoisotopic (exact) mass is 464 g/mol. The zero-order valence-electron chi connectivity index (χ0n) is 19.1. The average Bonchev–Trinajstić information content (AvgIpc) is 3.29. The highest BCUT2D eigenvalue weighted by atomic mass is 32.2. The highest BCUT2D eigenvalue weighted by Crippen LogP contribution is 2.27. The molecule has 1 unspecified atom stereocenters. The number of hydrogen-bond acceptors (Lipinski definition) is 5. The van der Waals surface area contributed by atoms with Crippen LogP contribution in [-0.2, 0) is 4.79 Å². The van der Waals surface area contributed by atoms with Crippen LogP contribution in [0.15, 0.2) is 52.4 Å². The van der Waals surface area contributed by atoms with Crippen molar-refractivity contribution in [2.45, 2.75) is 62.9 Å². The van der Waals surface area contributed by atoms with Crippen LogP contribution in [0.2, 0.25) is 0 Å². The lowest BCUT2D eigenvalue weighted by Gasteiger charge is -2.18. The number of nitrogens with zero attached hydrogens (tertiary/aromatic N) is 2. The predicted molar refractivity (Wildman–Crippen MR) is 131 cm³/mol. The lowest BCUT2D eigenvalue weighted by atomic mass is 10.1. The van der Waals surface area contributed by atoms with Gasteiger partial charge in [0.2, 0.25) is 5.91 Å². The summed E-state index contributed by atoms with van der Waals surface area (Å²) in [6, 6.07) is 12.6. The first-order valence-corrected chi connectivity index (χ1v) is 12.1. The quantitative estimate of drug-likeness (QED) is 0.435. The van der Waals surface area contributed by atoms with E-state index in [1.54, 1.807) is 23.6 Å². The number of thioether (sulfide) groups is 1. The third-order valence-electron chi connectivity index (χ3n) is 6.14. The molecule has 1 fully saturated rings. The maximum atomic E-state index is 13.5. The summed E-state index contributed by atoms with van der Waals surface area (Å²) in [6.45, 7) is 5.66. The van der Waals surface area contributed by atoms with Crippen LogP contribution in [0, 0.1) is 13.8 Å². The maximum absolute atomic E-state index is 13.5. The van der Waals surface area contributed by atoms with E-state index in [1.807, 2.05) is 44.2 Å². The zero-order valence-corrected chi connectivity index (χ0v) is 19.9. The van der Waals surface area contributed by atoms with Crippen molar-refractivity contribution in [2.75, 3.05) is 0 Å². The van der Waals surface area contributed by atoms with E-state index in [4.69, 9.17) is 4.98 Å². The molecule has 1 saturated carbocycles. The molecule has 1 heterocycles. The average molecular weight is 465 g/mol. The normalized spacial score (nSPS) is 14.9. The topological polar surface area (TPSA) is 93.1 Å². The van der Waals surface area contributed by atoms with Crippen LogP contribution in [-0.4, -0.2) is 32.8 Å². The first kappa shape index (κ1) is 23.0. The number of aryl methyl sites for hydroxylation is 1. The number of para-hydroxylation sites is 1. The predicted octanol–water partition coefficient (Wildman–Crippen LogP) is 4.25. The molecule has 8 heteroatoms. The van der Waals surface area contributed by atoms with Gasteiger partial charge < -0.3 is 5.32 Å². The molecule has 1 atom stereocenters. The SMILES string of the molecule is Cc1cccc(-n2c(SC(C)C(=O)NC(=O)NC3CCCC3)nc3ccccc3c2=O)c1C. The summed E-state index contributed by atoms with van der Waals surface area (Å²) < 4.78 is 1.57.